The molecule has 2 heterocycles. The van der Waals surface area contributed by atoms with E-state index in [0.29, 0.717) is 0 Å². The van der Waals surface area contributed by atoms with Gasteiger partial charge in [-0.1, -0.05) is 41.9 Å². The van der Waals surface area contributed by atoms with Crippen molar-refractivity contribution in [3.8, 4) is 11.1 Å². The van der Waals surface area contributed by atoms with Crippen molar-refractivity contribution < 1.29 is 0 Å². The van der Waals surface area contributed by atoms with E-state index in [2.05, 4.69) is 14.5 Å². The van der Waals surface area contributed by atoms with Gasteiger partial charge < -0.3 is 15.3 Å². The molecular formula is C20H17ClN4. The molecule has 0 aliphatic heterocycles. The molecule has 3 N–H and O–H groups in total. The fourth-order valence-electron chi connectivity index (χ4n) is 3.13. The third-order valence-corrected chi connectivity index (χ3v) is 4.64. The second kappa shape index (κ2) is 6.49. The van der Waals surface area contributed by atoms with Gasteiger partial charge in [0.2, 0.25) is 0 Å². The molecule has 1 unspecified atom stereocenters. The van der Waals surface area contributed by atoms with Crippen LogP contribution in [0.2, 0.25) is 5.02 Å². The summed E-state index contributed by atoms with van der Waals surface area (Å²) in [6, 6.07) is 15.8. The second-order valence-electron chi connectivity index (χ2n) is 5.88. The Labute approximate surface area is 150 Å². The van der Waals surface area contributed by atoms with Gasteiger partial charge in [0.15, 0.2) is 0 Å². The van der Waals surface area contributed by atoms with Crippen LogP contribution >= 0.6 is 11.6 Å². The standard InChI is InChI=1S/C20H17ClN4/c21-19-4-2-1-3-16(19)17-11-24-12-18(17)20(25-10-9-23-13-25)14-5-7-15(22)8-6-14/h1-13,20,24H,22H2. The predicted molar refractivity (Wildman–Crippen MR) is 102 cm³/mol. The average Bonchev–Trinajstić information content (AvgIpc) is 3.30. The summed E-state index contributed by atoms with van der Waals surface area (Å²) in [6.45, 7) is 0. The van der Waals surface area contributed by atoms with Gasteiger partial charge in [0.1, 0.15) is 0 Å². The number of rotatable bonds is 4. The number of aromatic nitrogens is 3. The van der Waals surface area contributed by atoms with Crippen LogP contribution in [-0.4, -0.2) is 14.5 Å². The summed E-state index contributed by atoms with van der Waals surface area (Å²) < 4.78 is 2.08. The van der Waals surface area contributed by atoms with Gasteiger partial charge in [-0.3, -0.25) is 0 Å². The number of H-pyrrole nitrogens is 1. The van der Waals surface area contributed by atoms with Crippen molar-refractivity contribution >= 4 is 17.3 Å². The van der Waals surface area contributed by atoms with E-state index >= 15 is 0 Å². The zero-order valence-electron chi connectivity index (χ0n) is 13.4. The molecule has 1 atom stereocenters. The highest BCUT2D eigenvalue weighted by Gasteiger charge is 2.21. The summed E-state index contributed by atoms with van der Waals surface area (Å²) in [5.41, 5.74) is 10.9. The maximum Gasteiger partial charge on any atom is 0.0954 e. The van der Waals surface area contributed by atoms with Crippen LogP contribution in [0.25, 0.3) is 11.1 Å². The number of imidazole rings is 1. The number of hydrogen-bond donors (Lipinski definition) is 2. The molecule has 5 heteroatoms. The third-order valence-electron chi connectivity index (χ3n) is 4.31. The van der Waals surface area contributed by atoms with Crippen molar-refractivity contribution in [3.05, 3.63) is 95.8 Å². The lowest BCUT2D eigenvalue weighted by molar-refractivity contribution is 0.679. The normalized spacial score (nSPS) is 12.2. The molecule has 0 saturated carbocycles. The lowest BCUT2D eigenvalue weighted by Gasteiger charge is -2.20. The van der Waals surface area contributed by atoms with Crippen LogP contribution in [0.1, 0.15) is 17.2 Å². The van der Waals surface area contributed by atoms with E-state index in [9.17, 15) is 0 Å². The van der Waals surface area contributed by atoms with Gasteiger partial charge in [-0.25, -0.2) is 4.98 Å². The van der Waals surface area contributed by atoms with Crippen LogP contribution in [0.3, 0.4) is 0 Å². The Bertz CT molecular complexity index is 971. The highest BCUT2D eigenvalue weighted by atomic mass is 35.5. The van der Waals surface area contributed by atoms with Gasteiger partial charge in [-0.15, -0.1) is 0 Å². The minimum Gasteiger partial charge on any atom is -0.399 e. The second-order valence-corrected chi connectivity index (χ2v) is 6.29. The molecule has 0 aliphatic rings. The molecule has 0 bridgehead atoms. The molecule has 0 amide bonds. The van der Waals surface area contributed by atoms with Crippen molar-refractivity contribution in [2.75, 3.05) is 5.73 Å². The smallest absolute Gasteiger partial charge is 0.0954 e. The molecule has 0 radical (unpaired) electrons. The quantitative estimate of drug-likeness (QED) is 0.523. The lowest BCUT2D eigenvalue weighted by Crippen LogP contribution is -2.11. The molecule has 25 heavy (non-hydrogen) atoms. The number of anilines is 1. The van der Waals surface area contributed by atoms with E-state index in [1.807, 2.05) is 73.4 Å². The first-order chi connectivity index (χ1) is 12.2. The van der Waals surface area contributed by atoms with Crippen LogP contribution in [0.5, 0.6) is 0 Å². The van der Waals surface area contributed by atoms with Crippen LogP contribution < -0.4 is 5.73 Å². The molecule has 4 nitrogen and oxygen atoms in total. The number of hydrogen-bond acceptors (Lipinski definition) is 2. The van der Waals surface area contributed by atoms with Gasteiger partial charge in [0.25, 0.3) is 0 Å². The Hall–Kier alpha value is -2.98. The molecule has 0 saturated heterocycles. The van der Waals surface area contributed by atoms with Crippen molar-refractivity contribution in [1.82, 2.24) is 14.5 Å². The maximum absolute atomic E-state index is 6.43. The zero-order valence-corrected chi connectivity index (χ0v) is 14.2. The van der Waals surface area contributed by atoms with E-state index in [1.54, 1.807) is 6.20 Å². The minimum absolute atomic E-state index is 0.0272. The number of halogens is 1. The Kier molecular flexibility index (Phi) is 4.04. The van der Waals surface area contributed by atoms with Gasteiger partial charge in [-0.05, 0) is 23.8 Å². The Morgan fingerprint density at radius 2 is 1.80 bits per heavy atom. The van der Waals surface area contributed by atoms with Gasteiger partial charge in [-0.2, -0.15) is 0 Å². The first-order valence-electron chi connectivity index (χ1n) is 7.98. The van der Waals surface area contributed by atoms with E-state index in [4.69, 9.17) is 17.3 Å². The van der Waals surface area contributed by atoms with Crippen LogP contribution in [0, 0.1) is 0 Å². The molecule has 2 aromatic carbocycles. The highest BCUT2D eigenvalue weighted by molar-refractivity contribution is 6.33. The van der Waals surface area contributed by atoms with E-state index in [0.717, 1.165) is 33.0 Å². The molecule has 0 spiro atoms. The molecule has 2 aromatic heterocycles. The van der Waals surface area contributed by atoms with E-state index < -0.39 is 0 Å². The van der Waals surface area contributed by atoms with E-state index in [1.165, 1.54) is 0 Å². The molecule has 124 valence electrons. The van der Waals surface area contributed by atoms with Gasteiger partial charge in [0.05, 0.1) is 12.4 Å². The van der Waals surface area contributed by atoms with Crippen molar-refractivity contribution in [2.24, 2.45) is 0 Å². The van der Waals surface area contributed by atoms with Crippen LogP contribution in [0.4, 0.5) is 5.69 Å². The Balaban J connectivity index is 1.89. The number of nitrogens with two attached hydrogens (primary N) is 1. The summed E-state index contributed by atoms with van der Waals surface area (Å²) in [5, 5.41) is 0.727. The summed E-state index contributed by atoms with van der Waals surface area (Å²) in [7, 11) is 0. The molecule has 4 rings (SSSR count). The van der Waals surface area contributed by atoms with Crippen molar-refractivity contribution in [3.63, 3.8) is 0 Å². The molecule has 0 aliphatic carbocycles. The Morgan fingerprint density at radius 3 is 2.52 bits per heavy atom. The zero-order chi connectivity index (χ0) is 17.2. The summed E-state index contributed by atoms with van der Waals surface area (Å²) in [6.07, 6.45) is 9.57. The number of nitrogen functional groups attached to an aromatic ring is 1. The fraction of sp³-hybridized carbons (Fsp3) is 0.0500. The summed E-state index contributed by atoms with van der Waals surface area (Å²) in [5.74, 6) is 0. The van der Waals surface area contributed by atoms with Crippen LogP contribution in [0.15, 0.2) is 79.6 Å². The summed E-state index contributed by atoms with van der Waals surface area (Å²) >= 11 is 6.43. The molecular weight excluding hydrogens is 332 g/mol. The SMILES string of the molecule is Nc1ccc(C(c2c[nH]cc2-c2ccccc2Cl)n2ccnc2)cc1. The molecule has 4 aromatic rings. The van der Waals surface area contributed by atoms with Crippen molar-refractivity contribution in [1.29, 1.82) is 0 Å². The monoisotopic (exact) mass is 348 g/mol. The highest BCUT2D eigenvalue weighted by Crippen LogP contribution is 2.37. The minimum atomic E-state index is -0.0272. The largest absolute Gasteiger partial charge is 0.399 e. The first-order valence-corrected chi connectivity index (χ1v) is 8.36. The van der Waals surface area contributed by atoms with Crippen LogP contribution in [-0.2, 0) is 0 Å². The van der Waals surface area contributed by atoms with E-state index in [-0.39, 0.29) is 6.04 Å². The average molecular weight is 349 g/mol. The maximum atomic E-state index is 6.43. The van der Waals surface area contributed by atoms with Gasteiger partial charge >= 0.3 is 0 Å². The van der Waals surface area contributed by atoms with Crippen molar-refractivity contribution in [2.45, 2.75) is 6.04 Å². The predicted octanol–water partition coefficient (Wildman–Crippen LogP) is 4.75. The van der Waals surface area contributed by atoms with Gasteiger partial charge in [0, 0.05) is 52.2 Å². The summed E-state index contributed by atoms with van der Waals surface area (Å²) in [4.78, 5) is 7.45. The number of nitrogens with one attached hydrogen (secondary N) is 1. The molecule has 0 fully saturated rings. The number of aromatic amines is 1. The Morgan fingerprint density at radius 1 is 1.00 bits per heavy atom. The lowest BCUT2D eigenvalue weighted by atomic mass is 9.94. The fourth-order valence-corrected chi connectivity index (χ4v) is 3.37. The number of benzene rings is 2. The third kappa shape index (κ3) is 2.92. The number of nitrogens with zero attached hydrogens (tertiary/aromatic N) is 2. The topological polar surface area (TPSA) is 59.6 Å². The first kappa shape index (κ1) is 15.5.